The van der Waals surface area contributed by atoms with Crippen LogP contribution in [0.3, 0.4) is 0 Å². The number of aromatic nitrogens is 2. The number of piperidine rings is 1. The number of rotatable bonds is 3. The minimum absolute atomic E-state index is 0. The van der Waals surface area contributed by atoms with Crippen molar-refractivity contribution in [2.24, 2.45) is 7.05 Å². The van der Waals surface area contributed by atoms with Crippen LogP contribution in [-0.2, 0) is 18.4 Å². The summed E-state index contributed by atoms with van der Waals surface area (Å²) < 4.78 is 3.10. The second kappa shape index (κ2) is 6.98. The number of carbonyl (C=O) groups excluding carboxylic acids is 1. The van der Waals surface area contributed by atoms with Crippen LogP contribution in [0, 0.1) is 0 Å². The van der Waals surface area contributed by atoms with Gasteiger partial charge in [-0.3, -0.25) is 13.9 Å². The molecule has 0 radical (unpaired) electrons. The largest absolute Gasteiger partial charge is 0.351 e. The van der Waals surface area contributed by atoms with E-state index >= 15 is 0 Å². The van der Waals surface area contributed by atoms with Gasteiger partial charge >= 0.3 is 5.69 Å². The molecular formula is C15H21ClN4O2. The van der Waals surface area contributed by atoms with Gasteiger partial charge in [0, 0.05) is 19.6 Å². The SMILES string of the molecule is Cl.Cn1c(=O)n(CC(=O)N[C@H]2CCCNC2)c2ccccc21. The van der Waals surface area contributed by atoms with Crippen LogP contribution in [0.25, 0.3) is 11.0 Å². The summed E-state index contributed by atoms with van der Waals surface area (Å²) in [6.07, 6.45) is 2.06. The Morgan fingerprint density at radius 3 is 2.77 bits per heavy atom. The Balaban J connectivity index is 0.00000176. The normalized spacial score (nSPS) is 18.0. The molecule has 22 heavy (non-hydrogen) atoms. The molecule has 3 rings (SSSR count). The third-order valence-corrected chi connectivity index (χ3v) is 4.02. The van der Waals surface area contributed by atoms with E-state index in [0.29, 0.717) is 0 Å². The molecule has 1 aliphatic rings. The van der Waals surface area contributed by atoms with E-state index in [1.165, 1.54) is 4.57 Å². The minimum atomic E-state index is -0.159. The van der Waals surface area contributed by atoms with E-state index in [-0.39, 0.29) is 36.6 Å². The highest BCUT2D eigenvalue weighted by Crippen LogP contribution is 2.11. The molecule has 1 aliphatic heterocycles. The number of nitrogens with one attached hydrogen (secondary N) is 2. The van der Waals surface area contributed by atoms with Crippen molar-refractivity contribution in [2.75, 3.05) is 13.1 Å². The van der Waals surface area contributed by atoms with Crippen LogP contribution in [0.1, 0.15) is 12.8 Å². The van der Waals surface area contributed by atoms with E-state index < -0.39 is 0 Å². The monoisotopic (exact) mass is 324 g/mol. The molecule has 6 nitrogen and oxygen atoms in total. The molecular weight excluding hydrogens is 304 g/mol. The van der Waals surface area contributed by atoms with Crippen LogP contribution in [0.4, 0.5) is 0 Å². The molecule has 1 fully saturated rings. The molecule has 1 atom stereocenters. The molecule has 120 valence electrons. The second-order valence-corrected chi connectivity index (χ2v) is 5.53. The van der Waals surface area contributed by atoms with Gasteiger partial charge in [-0.05, 0) is 31.5 Å². The predicted molar refractivity (Wildman–Crippen MR) is 88.5 cm³/mol. The van der Waals surface area contributed by atoms with E-state index in [1.54, 1.807) is 11.6 Å². The third-order valence-electron chi connectivity index (χ3n) is 4.02. The van der Waals surface area contributed by atoms with Crippen molar-refractivity contribution >= 4 is 29.3 Å². The van der Waals surface area contributed by atoms with E-state index in [0.717, 1.165) is 37.0 Å². The molecule has 0 unspecified atom stereocenters. The zero-order valence-electron chi connectivity index (χ0n) is 12.5. The molecule has 0 saturated carbocycles. The Bertz CT molecular complexity index is 716. The molecule has 2 N–H and O–H groups in total. The van der Waals surface area contributed by atoms with Crippen molar-refractivity contribution in [3.63, 3.8) is 0 Å². The lowest BCUT2D eigenvalue weighted by Crippen LogP contribution is -2.47. The molecule has 0 aliphatic carbocycles. The predicted octanol–water partition coefficient (Wildman–Crippen LogP) is 0.630. The summed E-state index contributed by atoms with van der Waals surface area (Å²) in [6, 6.07) is 7.68. The average Bonchev–Trinajstić information content (AvgIpc) is 2.74. The quantitative estimate of drug-likeness (QED) is 0.870. The maximum absolute atomic E-state index is 12.2. The fourth-order valence-electron chi connectivity index (χ4n) is 2.91. The summed E-state index contributed by atoms with van der Waals surface area (Å²) in [5, 5.41) is 6.26. The number of para-hydroxylation sites is 2. The van der Waals surface area contributed by atoms with Gasteiger partial charge in [-0.15, -0.1) is 12.4 Å². The van der Waals surface area contributed by atoms with Gasteiger partial charge in [0.15, 0.2) is 0 Å². The van der Waals surface area contributed by atoms with Crippen LogP contribution < -0.4 is 16.3 Å². The number of carbonyl (C=O) groups is 1. The maximum Gasteiger partial charge on any atom is 0.329 e. The van der Waals surface area contributed by atoms with Gasteiger partial charge in [0.2, 0.25) is 5.91 Å². The highest BCUT2D eigenvalue weighted by atomic mass is 35.5. The molecule has 1 aromatic carbocycles. The summed E-state index contributed by atoms with van der Waals surface area (Å²) in [5.41, 5.74) is 1.48. The van der Waals surface area contributed by atoms with Crippen LogP contribution in [0.15, 0.2) is 29.1 Å². The zero-order chi connectivity index (χ0) is 14.8. The number of hydrogen-bond donors (Lipinski definition) is 2. The van der Waals surface area contributed by atoms with Crippen molar-refractivity contribution in [3.8, 4) is 0 Å². The summed E-state index contributed by atoms with van der Waals surface area (Å²) >= 11 is 0. The van der Waals surface area contributed by atoms with Gasteiger partial charge < -0.3 is 10.6 Å². The molecule has 7 heteroatoms. The average molecular weight is 325 g/mol. The van der Waals surface area contributed by atoms with Gasteiger partial charge in [0.25, 0.3) is 0 Å². The van der Waals surface area contributed by atoms with Crippen molar-refractivity contribution < 1.29 is 4.79 Å². The fourth-order valence-corrected chi connectivity index (χ4v) is 2.91. The summed E-state index contributed by atoms with van der Waals surface area (Å²) in [6.45, 7) is 1.88. The van der Waals surface area contributed by atoms with Gasteiger partial charge in [-0.2, -0.15) is 0 Å². The van der Waals surface area contributed by atoms with Crippen molar-refractivity contribution in [2.45, 2.75) is 25.4 Å². The number of hydrogen-bond acceptors (Lipinski definition) is 3. The highest BCUT2D eigenvalue weighted by molar-refractivity contribution is 5.85. The second-order valence-electron chi connectivity index (χ2n) is 5.53. The van der Waals surface area contributed by atoms with Crippen molar-refractivity contribution in [1.29, 1.82) is 0 Å². The lowest BCUT2D eigenvalue weighted by atomic mass is 10.1. The first kappa shape index (κ1) is 16.6. The molecule has 0 spiro atoms. The molecule has 1 amide bonds. The number of halogens is 1. The van der Waals surface area contributed by atoms with Crippen LogP contribution >= 0.6 is 12.4 Å². The third kappa shape index (κ3) is 3.18. The van der Waals surface area contributed by atoms with Crippen LogP contribution in [0.5, 0.6) is 0 Å². The number of amides is 1. The van der Waals surface area contributed by atoms with E-state index in [2.05, 4.69) is 10.6 Å². The number of nitrogens with zero attached hydrogens (tertiary/aromatic N) is 2. The first-order valence-corrected chi connectivity index (χ1v) is 7.31. The van der Waals surface area contributed by atoms with Crippen LogP contribution in [0.2, 0.25) is 0 Å². The number of benzene rings is 1. The standard InChI is InChI=1S/C15H20N4O2.ClH/c1-18-12-6-2-3-7-13(12)19(15(18)21)10-14(20)17-11-5-4-8-16-9-11;/h2-3,6-7,11,16H,4-5,8-10H2,1H3,(H,17,20);1H/t11-;/m0./s1. The van der Waals surface area contributed by atoms with E-state index in [4.69, 9.17) is 0 Å². The first-order chi connectivity index (χ1) is 10.2. The van der Waals surface area contributed by atoms with Crippen molar-refractivity contribution in [1.82, 2.24) is 19.8 Å². The summed E-state index contributed by atoms with van der Waals surface area (Å²) in [7, 11) is 1.73. The molecule has 2 heterocycles. The Hall–Kier alpha value is -1.79. The van der Waals surface area contributed by atoms with Gasteiger partial charge in [0.05, 0.1) is 11.0 Å². The lowest BCUT2D eigenvalue weighted by Gasteiger charge is -2.23. The maximum atomic E-state index is 12.2. The molecule has 1 aromatic heterocycles. The van der Waals surface area contributed by atoms with Crippen molar-refractivity contribution in [3.05, 3.63) is 34.7 Å². The first-order valence-electron chi connectivity index (χ1n) is 7.31. The van der Waals surface area contributed by atoms with E-state index in [9.17, 15) is 9.59 Å². The van der Waals surface area contributed by atoms with Crippen LogP contribution in [-0.4, -0.2) is 34.2 Å². The number of aryl methyl sites for hydroxylation is 1. The lowest BCUT2D eigenvalue weighted by molar-refractivity contribution is -0.122. The fraction of sp³-hybridized carbons (Fsp3) is 0.467. The molecule has 2 aromatic rings. The summed E-state index contributed by atoms with van der Waals surface area (Å²) in [4.78, 5) is 24.4. The van der Waals surface area contributed by atoms with Gasteiger partial charge in [-0.1, -0.05) is 12.1 Å². The van der Waals surface area contributed by atoms with E-state index in [1.807, 2.05) is 24.3 Å². The Labute approximate surface area is 134 Å². The smallest absolute Gasteiger partial charge is 0.329 e. The van der Waals surface area contributed by atoms with Gasteiger partial charge in [0.1, 0.15) is 6.54 Å². The zero-order valence-corrected chi connectivity index (χ0v) is 13.4. The highest BCUT2D eigenvalue weighted by Gasteiger charge is 2.17. The Kier molecular flexibility index (Phi) is 5.26. The molecule has 1 saturated heterocycles. The molecule has 0 bridgehead atoms. The number of fused-ring (bicyclic) bond motifs is 1. The Morgan fingerprint density at radius 2 is 2.09 bits per heavy atom. The topological polar surface area (TPSA) is 68.1 Å². The summed E-state index contributed by atoms with van der Waals surface area (Å²) in [5.74, 6) is -0.109. The van der Waals surface area contributed by atoms with Gasteiger partial charge in [-0.25, -0.2) is 4.79 Å². The number of imidazole rings is 1. The Morgan fingerprint density at radius 1 is 1.36 bits per heavy atom. The minimum Gasteiger partial charge on any atom is -0.351 e.